The van der Waals surface area contributed by atoms with E-state index in [4.69, 9.17) is 20.0 Å². The molecule has 118 valence electrons. The Hall–Kier alpha value is -3.06. The van der Waals surface area contributed by atoms with E-state index in [2.05, 4.69) is 0 Å². The summed E-state index contributed by atoms with van der Waals surface area (Å²) in [5.74, 6) is 0.519. The van der Waals surface area contributed by atoms with E-state index in [0.29, 0.717) is 30.3 Å². The number of nitriles is 2. The minimum absolute atomic E-state index is 0.00579. The first-order valence-electron chi connectivity index (χ1n) is 7.10. The molecule has 0 spiro atoms. The van der Waals surface area contributed by atoms with Crippen molar-refractivity contribution < 1.29 is 19.1 Å². The molecule has 0 aromatic heterocycles. The number of Topliss-reactive ketones (excluding diaryl/α,β-unsaturated/α-hetero) is 1. The Labute approximate surface area is 133 Å². The number of amides is 1. The van der Waals surface area contributed by atoms with Gasteiger partial charge in [-0.3, -0.25) is 9.59 Å². The summed E-state index contributed by atoms with van der Waals surface area (Å²) in [6, 6.07) is 8.55. The summed E-state index contributed by atoms with van der Waals surface area (Å²) in [6.07, 6.45) is -0.0392. The molecule has 2 rings (SSSR count). The maximum Gasteiger partial charge on any atom is 0.224 e. The third-order valence-electron chi connectivity index (χ3n) is 3.31. The number of hydrogen-bond acceptors (Lipinski definition) is 6. The van der Waals surface area contributed by atoms with Crippen LogP contribution in [0.3, 0.4) is 0 Å². The quantitative estimate of drug-likeness (QED) is 0.579. The number of carbonyl (C=O) groups excluding carboxylic acids is 2. The van der Waals surface area contributed by atoms with Crippen LogP contribution < -0.4 is 9.47 Å². The van der Waals surface area contributed by atoms with Crippen molar-refractivity contribution in [3.63, 3.8) is 0 Å². The van der Waals surface area contributed by atoms with Crippen molar-refractivity contribution in [2.45, 2.75) is 12.8 Å². The van der Waals surface area contributed by atoms with Crippen molar-refractivity contribution in [2.75, 3.05) is 26.3 Å². The molecule has 0 radical (unpaired) electrons. The Bertz CT molecular complexity index is 672. The molecule has 1 amide bonds. The van der Waals surface area contributed by atoms with E-state index >= 15 is 0 Å². The van der Waals surface area contributed by atoms with Gasteiger partial charge in [0.1, 0.15) is 26.3 Å². The van der Waals surface area contributed by atoms with E-state index < -0.39 is 0 Å². The van der Waals surface area contributed by atoms with Gasteiger partial charge >= 0.3 is 0 Å². The van der Waals surface area contributed by atoms with Crippen LogP contribution in [0.5, 0.6) is 11.5 Å². The standard InChI is InChI=1S/C16H15N3O4/c17-5-7-19(8-6-18)16(21)4-2-13(20)12-1-3-14-15(11-12)23-10-9-22-14/h1,3,11H,2,4,7-10H2. The SMILES string of the molecule is N#CCN(CC#N)C(=O)CCC(=O)c1ccc2c(c1)OCCO2. The lowest BCUT2D eigenvalue weighted by molar-refractivity contribution is -0.130. The molecule has 0 saturated heterocycles. The first-order valence-corrected chi connectivity index (χ1v) is 7.10. The molecular formula is C16H15N3O4. The van der Waals surface area contributed by atoms with Crippen molar-refractivity contribution in [3.05, 3.63) is 23.8 Å². The predicted octanol–water partition coefficient (Wildman–Crippen LogP) is 1.30. The first-order chi connectivity index (χ1) is 11.2. The zero-order valence-electron chi connectivity index (χ0n) is 12.4. The summed E-state index contributed by atoms with van der Waals surface area (Å²) < 4.78 is 10.8. The van der Waals surface area contributed by atoms with Crippen molar-refractivity contribution in [1.29, 1.82) is 10.5 Å². The van der Waals surface area contributed by atoms with Gasteiger partial charge in [0.15, 0.2) is 17.3 Å². The fourth-order valence-corrected chi connectivity index (χ4v) is 2.14. The largest absolute Gasteiger partial charge is 0.486 e. The lowest BCUT2D eigenvalue weighted by atomic mass is 10.1. The second-order valence-corrected chi connectivity index (χ2v) is 4.85. The summed E-state index contributed by atoms with van der Waals surface area (Å²) in [6.45, 7) is 0.581. The van der Waals surface area contributed by atoms with Crippen molar-refractivity contribution in [3.8, 4) is 23.6 Å². The van der Waals surface area contributed by atoms with Crippen LogP contribution >= 0.6 is 0 Å². The fourth-order valence-electron chi connectivity index (χ4n) is 2.14. The highest BCUT2D eigenvalue weighted by Gasteiger charge is 2.18. The minimum Gasteiger partial charge on any atom is -0.486 e. The predicted molar refractivity (Wildman–Crippen MR) is 78.8 cm³/mol. The number of carbonyl (C=O) groups is 2. The number of ketones is 1. The Morgan fingerprint density at radius 3 is 2.35 bits per heavy atom. The number of nitrogens with zero attached hydrogens (tertiary/aromatic N) is 3. The molecule has 23 heavy (non-hydrogen) atoms. The maximum absolute atomic E-state index is 12.2. The number of benzene rings is 1. The van der Waals surface area contributed by atoms with Gasteiger partial charge in [-0.15, -0.1) is 0 Å². The average Bonchev–Trinajstić information content (AvgIpc) is 2.58. The highest BCUT2D eigenvalue weighted by Crippen LogP contribution is 2.31. The van der Waals surface area contributed by atoms with Crippen LogP contribution in [-0.2, 0) is 4.79 Å². The highest BCUT2D eigenvalue weighted by atomic mass is 16.6. The van der Waals surface area contributed by atoms with Gasteiger partial charge in [-0.25, -0.2) is 0 Å². The van der Waals surface area contributed by atoms with Gasteiger partial charge in [0.2, 0.25) is 5.91 Å². The van der Waals surface area contributed by atoms with Gasteiger partial charge in [0.05, 0.1) is 12.1 Å². The van der Waals surface area contributed by atoms with Gasteiger partial charge in [0, 0.05) is 18.4 Å². The van der Waals surface area contributed by atoms with Gasteiger partial charge in [0.25, 0.3) is 0 Å². The van der Waals surface area contributed by atoms with E-state index in [1.807, 2.05) is 12.1 Å². The normalized spacial score (nSPS) is 11.9. The molecule has 7 nitrogen and oxygen atoms in total. The third kappa shape index (κ3) is 4.21. The molecule has 0 fully saturated rings. The molecule has 1 aliphatic heterocycles. The Kier molecular flexibility index (Phi) is 5.54. The monoisotopic (exact) mass is 313 g/mol. The van der Waals surface area contributed by atoms with Crippen LogP contribution in [0.25, 0.3) is 0 Å². The van der Waals surface area contributed by atoms with E-state index in [0.717, 1.165) is 4.90 Å². The lowest BCUT2D eigenvalue weighted by Gasteiger charge is -2.18. The van der Waals surface area contributed by atoms with E-state index in [9.17, 15) is 9.59 Å². The molecule has 0 unspecified atom stereocenters. The van der Waals surface area contributed by atoms with Gasteiger partial charge in [-0.1, -0.05) is 0 Å². The summed E-state index contributed by atoms with van der Waals surface area (Å²) >= 11 is 0. The van der Waals surface area contributed by atoms with Crippen LogP contribution in [0, 0.1) is 22.7 Å². The molecule has 1 heterocycles. The topological polar surface area (TPSA) is 103 Å². The molecular weight excluding hydrogens is 298 g/mol. The fraction of sp³-hybridized carbons (Fsp3) is 0.375. The number of ether oxygens (including phenoxy) is 2. The van der Waals surface area contributed by atoms with E-state index in [1.165, 1.54) is 0 Å². The summed E-state index contributed by atoms with van der Waals surface area (Å²) in [7, 11) is 0. The smallest absolute Gasteiger partial charge is 0.224 e. The summed E-state index contributed by atoms with van der Waals surface area (Å²) in [4.78, 5) is 25.2. The zero-order valence-corrected chi connectivity index (χ0v) is 12.4. The maximum atomic E-state index is 12.2. The summed E-state index contributed by atoms with van der Waals surface area (Å²) in [5.41, 5.74) is 0.439. The van der Waals surface area contributed by atoms with Crippen molar-refractivity contribution >= 4 is 11.7 Å². The molecule has 1 aromatic rings. The van der Waals surface area contributed by atoms with Crippen LogP contribution in [0.2, 0.25) is 0 Å². The van der Waals surface area contributed by atoms with Gasteiger partial charge in [-0.2, -0.15) is 10.5 Å². The van der Waals surface area contributed by atoms with E-state index in [1.54, 1.807) is 18.2 Å². The third-order valence-corrected chi connectivity index (χ3v) is 3.31. The van der Waals surface area contributed by atoms with Crippen molar-refractivity contribution in [2.24, 2.45) is 0 Å². The molecule has 0 N–H and O–H groups in total. The van der Waals surface area contributed by atoms with Gasteiger partial charge < -0.3 is 14.4 Å². The zero-order chi connectivity index (χ0) is 16.7. The Morgan fingerprint density at radius 2 is 1.70 bits per heavy atom. The minimum atomic E-state index is -0.390. The van der Waals surface area contributed by atoms with E-state index in [-0.39, 0.29) is 37.6 Å². The molecule has 1 aliphatic rings. The van der Waals surface area contributed by atoms with Crippen molar-refractivity contribution in [1.82, 2.24) is 4.90 Å². The van der Waals surface area contributed by atoms with Crippen LogP contribution in [0.4, 0.5) is 0 Å². The average molecular weight is 313 g/mol. The Morgan fingerprint density at radius 1 is 1.04 bits per heavy atom. The number of fused-ring (bicyclic) bond motifs is 1. The lowest BCUT2D eigenvalue weighted by Crippen LogP contribution is -2.31. The first kappa shape index (κ1) is 16.3. The number of rotatable bonds is 6. The Balaban J connectivity index is 1.95. The van der Waals surface area contributed by atoms with Crippen LogP contribution in [0.15, 0.2) is 18.2 Å². The molecule has 0 saturated carbocycles. The number of hydrogen-bond donors (Lipinski definition) is 0. The molecule has 0 atom stereocenters. The second-order valence-electron chi connectivity index (χ2n) is 4.85. The molecule has 7 heteroatoms. The molecule has 0 aliphatic carbocycles. The van der Waals surface area contributed by atoms with Gasteiger partial charge in [-0.05, 0) is 18.2 Å². The molecule has 0 bridgehead atoms. The highest BCUT2D eigenvalue weighted by molar-refractivity contribution is 5.98. The molecule has 1 aromatic carbocycles. The van der Waals surface area contributed by atoms with Crippen LogP contribution in [0.1, 0.15) is 23.2 Å². The summed E-state index contributed by atoms with van der Waals surface area (Å²) in [5, 5.41) is 17.3. The second kappa shape index (κ2) is 7.81. The van der Waals surface area contributed by atoms with Crippen LogP contribution in [-0.4, -0.2) is 42.9 Å².